The van der Waals surface area contributed by atoms with E-state index >= 15 is 0 Å². The van der Waals surface area contributed by atoms with Crippen molar-refractivity contribution in [2.24, 2.45) is 0 Å². The number of methoxy groups -OCH3 is 1. The van der Waals surface area contributed by atoms with E-state index in [1.165, 1.54) is 7.11 Å². The summed E-state index contributed by atoms with van der Waals surface area (Å²) in [6, 6.07) is 0. The molecular weight excluding hydrogens is 208 g/mol. The Hall–Kier alpha value is -1.78. The third-order valence-corrected chi connectivity index (χ3v) is 2.66. The Balaban J connectivity index is 2.15. The van der Waals surface area contributed by atoms with Crippen molar-refractivity contribution in [1.29, 1.82) is 0 Å². The highest BCUT2D eigenvalue weighted by Crippen LogP contribution is 2.19. The predicted molar refractivity (Wildman–Crippen MR) is 56.7 cm³/mol. The second-order valence-corrected chi connectivity index (χ2v) is 3.67. The topological polar surface area (TPSA) is 71.2 Å². The lowest BCUT2D eigenvalue weighted by Crippen LogP contribution is -2.30. The van der Waals surface area contributed by atoms with Gasteiger partial charge in [-0.3, -0.25) is 9.59 Å². The summed E-state index contributed by atoms with van der Waals surface area (Å²) in [5, 5.41) is 2.53. The lowest BCUT2D eigenvalue weighted by Gasteiger charge is -2.13. The minimum atomic E-state index is -0.738. The molecule has 1 atom stereocenters. The van der Waals surface area contributed by atoms with Gasteiger partial charge in [-0.25, -0.2) is 0 Å². The molecule has 5 nitrogen and oxygen atoms in total. The first-order chi connectivity index (χ1) is 8.11. The lowest BCUT2D eigenvalue weighted by atomic mass is 10.0. The number of amides is 1. The highest BCUT2D eigenvalue weighted by Gasteiger charge is 2.19. The first-order valence-corrected chi connectivity index (χ1v) is 5.09. The summed E-state index contributed by atoms with van der Waals surface area (Å²) in [7, 11) is 1.35. The van der Waals surface area contributed by atoms with Gasteiger partial charge in [0.15, 0.2) is 0 Å². The van der Waals surface area contributed by atoms with Crippen molar-refractivity contribution in [1.82, 2.24) is 10.3 Å². The molecule has 0 unspecified atom stereocenters. The smallest absolute Gasteiger partial charge is 0.305 e. The number of aromatic amines is 1. The molecule has 2 N–H and O–H groups in total. The molecule has 1 aliphatic rings. The van der Waals surface area contributed by atoms with E-state index in [4.69, 9.17) is 1.37 Å². The average Bonchev–Trinajstić information content (AvgIpc) is 2.69. The van der Waals surface area contributed by atoms with E-state index in [1.54, 1.807) is 6.20 Å². The summed E-state index contributed by atoms with van der Waals surface area (Å²) < 4.78 is 12.3. The second-order valence-electron chi connectivity index (χ2n) is 3.67. The van der Waals surface area contributed by atoms with Crippen molar-refractivity contribution in [3.8, 4) is 0 Å². The Kier molecular flexibility index (Phi) is 2.59. The van der Waals surface area contributed by atoms with Gasteiger partial charge in [0, 0.05) is 18.3 Å². The Labute approximate surface area is 94.6 Å². The molecule has 0 aromatic carbocycles. The molecule has 0 spiro atoms. The molecule has 2 heterocycles. The minimum Gasteiger partial charge on any atom is -0.469 e. The molecule has 1 aromatic heterocycles. The van der Waals surface area contributed by atoms with Crippen LogP contribution < -0.4 is 5.32 Å². The summed E-state index contributed by atoms with van der Waals surface area (Å²) in [4.78, 5) is 25.4. The number of carbonyl (C=O) groups is 2. The zero-order valence-electron chi connectivity index (χ0n) is 10.0. The van der Waals surface area contributed by atoms with Gasteiger partial charge in [0.2, 0.25) is 5.91 Å². The normalized spacial score (nSPS) is 19.7. The van der Waals surface area contributed by atoms with E-state index in [-0.39, 0.29) is 24.7 Å². The Morgan fingerprint density at radius 1 is 1.69 bits per heavy atom. The fourth-order valence-electron chi connectivity index (χ4n) is 1.78. The van der Waals surface area contributed by atoms with Gasteiger partial charge in [-0.2, -0.15) is 0 Å². The van der Waals surface area contributed by atoms with Gasteiger partial charge >= 0.3 is 5.97 Å². The summed E-state index contributed by atoms with van der Waals surface area (Å²) >= 11 is 0. The highest BCUT2D eigenvalue weighted by molar-refractivity contribution is 5.81. The molecule has 0 radical (unpaired) electrons. The number of aromatic nitrogens is 1. The van der Waals surface area contributed by atoms with E-state index in [9.17, 15) is 9.59 Å². The van der Waals surface area contributed by atoms with Crippen LogP contribution in [-0.4, -0.2) is 24.0 Å². The molecule has 1 amide bonds. The van der Waals surface area contributed by atoms with Crippen LogP contribution in [0, 0.1) is 0 Å². The van der Waals surface area contributed by atoms with Crippen molar-refractivity contribution >= 4 is 11.9 Å². The van der Waals surface area contributed by atoms with E-state index in [2.05, 4.69) is 15.0 Å². The van der Waals surface area contributed by atoms with E-state index in [1.807, 2.05) is 0 Å². The molecule has 0 saturated carbocycles. The Morgan fingerprint density at radius 3 is 3.25 bits per heavy atom. The molecule has 0 fully saturated rings. The van der Waals surface area contributed by atoms with Crippen LogP contribution in [0.4, 0.5) is 0 Å². The second kappa shape index (κ2) is 4.38. The van der Waals surface area contributed by atoms with Gasteiger partial charge in [0.1, 0.15) is 0 Å². The van der Waals surface area contributed by atoms with Crippen molar-refractivity contribution in [2.75, 3.05) is 7.11 Å². The number of fused-ring (bicyclic) bond motifs is 1. The van der Waals surface area contributed by atoms with Gasteiger partial charge < -0.3 is 15.0 Å². The number of aryl methyl sites for hydroxylation is 1. The third kappa shape index (κ3) is 2.08. The van der Waals surface area contributed by atoms with Gasteiger partial charge in [-0.15, -0.1) is 0 Å². The molecule has 1 aliphatic heterocycles. The van der Waals surface area contributed by atoms with Crippen LogP contribution in [0.1, 0.15) is 24.6 Å². The fraction of sp³-hybridized carbons (Fsp3) is 0.455. The molecule has 86 valence electrons. The standard InChI is InChI=1S/C11H14N2O3/c1-16-11(15)3-2-7-5-12-9-6-13-10(14)4-8(7)9/h5,12H,2-4,6H2,1H3,(H,13,14)/i6D/t6-/m1/s1. The zero-order valence-corrected chi connectivity index (χ0v) is 9.00. The van der Waals surface area contributed by atoms with Crippen LogP contribution in [0.25, 0.3) is 0 Å². The zero-order chi connectivity index (χ0) is 12.4. The van der Waals surface area contributed by atoms with E-state index in [0.29, 0.717) is 12.1 Å². The van der Waals surface area contributed by atoms with Gasteiger partial charge in [-0.1, -0.05) is 0 Å². The molecule has 5 heteroatoms. The van der Waals surface area contributed by atoms with Crippen molar-refractivity contribution in [2.45, 2.75) is 25.8 Å². The molecule has 0 aliphatic carbocycles. The number of rotatable bonds is 3. The first-order valence-electron chi connectivity index (χ1n) is 5.67. The van der Waals surface area contributed by atoms with Crippen molar-refractivity contribution in [3.63, 3.8) is 0 Å². The van der Waals surface area contributed by atoms with E-state index in [0.717, 1.165) is 11.1 Å². The van der Waals surface area contributed by atoms with E-state index < -0.39 is 6.52 Å². The summed E-state index contributed by atoms with van der Waals surface area (Å²) in [5.74, 6) is -0.431. The molecule has 16 heavy (non-hydrogen) atoms. The quantitative estimate of drug-likeness (QED) is 0.724. The number of nitrogens with one attached hydrogen (secondary N) is 2. The van der Waals surface area contributed by atoms with Crippen LogP contribution in [-0.2, 0) is 33.7 Å². The molecule has 1 aromatic rings. The number of hydrogen-bond acceptors (Lipinski definition) is 3. The lowest BCUT2D eigenvalue weighted by molar-refractivity contribution is -0.140. The maximum atomic E-state index is 11.3. The first kappa shape index (κ1) is 9.45. The maximum Gasteiger partial charge on any atom is 0.305 e. The van der Waals surface area contributed by atoms with Crippen LogP contribution in [0.2, 0.25) is 0 Å². The number of H-pyrrole nitrogens is 1. The predicted octanol–water partition coefficient (Wildman–Crippen LogP) is 0.293. The summed E-state index contributed by atoms with van der Waals surface area (Å²) in [6.07, 6.45) is 2.84. The van der Waals surface area contributed by atoms with Crippen LogP contribution in [0.3, 0.4) is 0 Å². The molecular formula is C11H14N2O3. The number of ether oxygens (including phenoxy) is 1. The largest absolute Gasteiger partial charge is 0.469 e. The Bertz CT molecular complexity index is 456. The van der Waals surface area contributed by atoms with Crippen molar-refractivity contribution < 1.29 is 15.7 Å². The van der Waals surface area contributed by atoms with Crippen LogP contribution in [0.5, 0.6) is 0 Å². The highest BCUT2D eigenvalue weighted by atomic mass is 16.5. The molecule has 0 saturated heterocycles. The maximum absolute atomic E-state index is 11.3. The average molecular weight is 223 g/mol. The number of esters is 1. The van der Waals surface area contributed by atoms with Gasteiger partial charge in [-0.05, 0) is 17.5 Å². The van der Waals surface area contributed by atoms with Crippen LogP contribution in [0.15, 0.2) is 6.20 Å². The Morgan fingerprint density at radius 2 is 2.50 bits per heavy atom. The van der Waals surface area contributed by atoms with Crippen molar-refractivity contribution in [3.05, 3.63) is 23.0 Å². The van der Waals surface area contributed by atoms with Gasteiger partial charge in [0.25, 0.3) is 0 Å². The van der Waals surface area contributed by atoms with Gasteiger partial charge in [0.05, 0.1) is 21.4 Å². The van der Waals surface area contributed by atoms with Crippen LogP contribution >= 0.6 is 0 Å². The molecule has 2 rings (SSSR count). The third-order valence-electron chi connectivity index (χ3n) is 2.66. The monoisotopic (exact) mass is 223 g/mol. The summed E-state index contributed by atoms with van der Waals surface area (Å²) in [5.41, 5.74) is 2.47. The SMILES string of the molecule is [2H][C@H]1NC(=O)Cc2c(CCC(=O)OC)c[nH]c21. The number of carbonyl (C=O) groups excluding carboxylic acids is 2. The molecule has 0 bridgehead atoms. The fourth-order valence-corrected chi connectivity index (χ4v) is 1.78. The summed E-state index contributed by atoms with van der Waals surface area (Å²) in [6.45, 7) is -0.738. The number of hydrogen-bond donors (Lipinski definition) is 2. The minimum absolute atomic E-state index is 0.156.